The predicted molar refractivity (Wildman–Crippen MR) is 71.4 cm³/mol. The van der Waals surface area contributed by atoms with E-state index in [4.69, 9.17) is 0 Å². The molecule has 0 spiro atoms. The minimum atomic E-state index is -0.215. The first kappa shape index (κ1) is 13.2. The first-order valence-corrected chi connectivity index (χ1v) is 6.16. The van der Waals surface area contributed by atoms with Crippen LogP contribution in [0.3, 0.4) is 0 Å². The van der Waals surface area contributed by atoms with Gasteiger partial charge in [0.05, 0.1) is 6.54 Å². The SMILES string of the molecule is CC1CN=C(C(=O)NCCc2ccc(O)c(O)c2)N1. The van der Waals surface area contributed by atoms with Crippen LogP contribution in [-0.2, 0) is 11.2 Å². The van der Waals surface area contributed by atoms with E-state index in [0.29, 0.717) is 25.3 Å². The molecule has 4 N–H and O–H groups in total. The van der Waals surface area contributed by atoms with Crippen molar-refractivity contribution in [2.45, 2.75) is 19.4 Å². The molecule has 0 aliphatic carbocycles. The van der Waals surface area contributed by atoms with Gasteiger partial charge in [-0.2, -0.15) is 0 Å². The third-order valence-electron chi connectivity index (χ3n) is 2.86. The number of hydrogen-bond donors (Lipinski definition) is 4. The van der Waals surface area contributed by atoms with Gasteiger partial charge in [0.15, 0.2) is 17.3 Å². The molecule has 1 aliphatic heterocycles. The van der Waals surface area contributed by atoms with Crippen LogP contribution >= 0.6 is 0 Å². The Labute approximate surface area is 111 Å². The molecule has 0 saturated heterocycles. The molecule has 1 atom stereocenters. The second kappa shape index (κ2) is 5.60. The summed E-state index contributed by atoms with van der Waals surface area (Å²) in [4.78, 5) is 15.8. The zero-order valence-corrected chi connectivity index (χ0v) is 10.7. The molecule has 0 radical (unpaired) electrons. The van der Waals surface area contributed by atoms with Crippen molar-refractivity contribution in [1.82, 2.24) is 10.6 Å². The number of nitrogens with zero attached hydrogens (tertiary/aromatic N) is 1. The molecule has 1 aliphatic rings. The van der Waals surface area contributed by atoms with Crippen LogP contribution in [-0.4, -0.2) is 41.1 Å². The molecule has 2 rings (SSSR count). The molecular formula is C13H17N3O3. The number of phenolic OH excluding ortho intramolecular Hbond substituents is 2. The van der Waals surface area contributed by atoms with E-state index in [1.54, 1.807) is 6.07 Å². The van der Waals surface area contributed by atoms with Crippen LogP contribution in [0.2, 0.25) is 0 Å². The molecular weight excluding hydrogens is 246 g/mol. The van der Waals surface area contributed by atoms with Gasteiger partial charge >= 0.3 is 0 Å². The smallest absolute Gasteiger partial charge is 0.286 e. The summed E-state index contributed by atoms with van der Waals surface area (Å²) in [5.74, 6) is -0.140. The maximum atomic E-state index is 11.7. The van der Waals surface area contributed by atoms with Crippen molar-refractivity contribution in [2.75, 3.05) is 13.1 Å². The molecule has 1 aromatic rings. The Kier molecular flexibility index (Phi) is 3.89. The number of hydrogen-bond acceptors (Lipinski definition) is 5. The predicted octanol–water partition coefficient (Wildman–Crippen LogP) is 0.147. The van der Waals surface area contributed by atoms with Gasteiger partial charge in [0.25, 0.3) is 5.91 Å². The average Bonchev–Trinajstić information content (AvgIpc) is 2.80. The van der Waals surface area contributed by atoms with E-state index < -0.39 is 0 Å². The molecule has 0 saturated carbocycles. The van der Waals surface area contributed by atoms with Crippen molar-refractivity contribution in [3.8, 4) is 11.5 Å². The average molecular weight is 263 g/mol. The quantitative estimate of drug-likeness (QED) is 0.582. The third kappa shape index (κ3) is 3.37. The summed E-state index contributed by atoms with van der Waals surface area (Å²) >= 11 is 0. The highest BCUT2D eigenvalue weighted by Gasteiger charge is 2.18. The number of aromatic hydroxyl groups is 2. The summed E-state index contributed by atoms with van der Waals surface area (Å²) in [6.45, 7) is 3.02. The number of nitrogens with one attached hydrogen (secondary N) is 2. The van der Waals surface area contributed by atoms with Crippen LogP contribution in [0.15, 0.2) is 23.2 Å². The van der Waals surface area contributed by atoms with Crippen LogP contribution in [0.25, 0.3) is 0 Å². The highest BCUT2D eigenvalue weighted by Crippen LogP contribution is 2.24. The molecule has 19 heavy (non-hydrogen) atoms. The summed E-state index contributed by atoms with van der Waals surface area (Å²) in [5, 5.41) is 24.3. The maximum absolute atomic E-state index is 11.7. The standard InChI is InChI=1S/C13H17N3O3/c1-8-7-15-12(16-8)13(19)14-5-4-9-2-3-10(17)11(18)6-9/h2-3,6,8,17-18H,4-5,7H2,1H3,(H,14,19)(H,15,16). The van der Waals surface area contributed by atoms with Gasteiger partial charge < -0.3 is 20.8 Å². The number of amidine groups is 1. The van der Waals surface area contributed by atoms with Gasteiger partial charge in [0.2, 0.25) is 0 Å². The topological polar surface area (TPSA) is 94.0 Å². The van der Waals surface area contributed by atoms with E-state index in [1.807, 2.05) is 6.92 Å². The Morgan fingerprint density at radius 2 is 2.26 bits per heavy atom. The minimum absolute atomic E-state index is 0.147. The number of carbonyl (C=O) groups is 1. The van der Waals surface area contributed by atoms with Gasteiger partial charge in [-0.1, -0.05) is 6.07 Å². The lowest BCUT2D eigenvalue weighted by Gasteiger charge is -2.08. The molecule has 1 amide bonds. The van der Waals surface area contributed by atoms with Gasteiger partial charge in [-0.15, -0.1) is 0 Å². The van der Waals surface area contributed by atoms with Gasteiger partial charge in [0.1, 0.15) is 0 Å². The second-order valence-electron chi connectivity index (χ2n) is 4.56. The number of phenols is 2. The normalized spacial score (nSPS) is 17.7. The summed E-state index contributed by atoms with van der Waals surface area (Å²) in [7, 11) is 0. The highest BCUT2D eigenvalue weighted by molar-refractivity contribution is 6.38. The summed E-state index contributed by atoms with van der Waals surface area (Å²) < 4.78 is 0. The van der Waals surface area contributed by atoms with Crippen molar-refractivity contribution < 1.29 is 15.0 Å². The van der Waals surface area contributed by atoms with Crippen LogP contribution in [0.5, 0.6) is 11.5 Å². The maximum Gasteiger partial charge on any atom is 0.286 e. The lowest BCUT2D eigenvalue weighted by molar-refractivity contribution is -0.114. The van der Waals surface area contributed by atoms with Crippen LogP contribution in [0, 0.1) is 0 Å². The van der Waals surface area contributed by atoms with Crippen molar-refractivity contribution in [3.05, 3.63) is 23.8 Å². The number of aliphatic imine (C=N–C) groups is 1. The lowest BCUT2D eigenvalue weighted by Crippen LogP contribution is -2.40. The fourth-order valence-electron chi connectivity index (χ4n) is 1.82. The Morgan fingerprint density at radius 3 is 2.89 bits per heavy atom. The summed E-state index contributed by atoms with van der Waals surface area (Å²) in [5.41, 5.74) is 0.838. The number of benzene rings is 1. The molecule has 0 bridgehead atoms. The lowest BCUT2D eigenvalue weighted by atomic mass is 10.1. The van der Waals surface area contributed by atoms with Crippen molar-refractivity contribution >= 4 is 11.7 Å². The van der Waals surface area contributed by atoms with Gasteiger partial charge in [-0.05, 0) is 31.0 Å². The molecule has 6 heteroatoms. The van der Waals surface area contributed by atoms with Crippen LogP contribution in [0.4, 0.5) is 0 Å². The summed E-state index contributed by atoms with van der Waals surface area (Å²) in [6, 6.07) is 4.81. The van der Waals surface area contributed by atoms with Crippen molar-refractivity contribution in [3.63, 3.8) is 0 Å². The zero-order chi connectivity index (χ0) is 13.8. The fourth-order valence-corrected chi connectivity index (χ4v) is 1.82. The molecule has 6 nitrogen and oxygen atoms in total. The number of amides is 1. The second-order valence-corrected chi connectivity index (χ2v) is 4.56. The fraction of sp³-hybridized carbons (Fsp3) is 0.385. The Morgan fingerprint density at radius 1 is 1.47 bits per heavy atom. The van der Waals surface area contributed by atoms with Crippen molar-refractivity contribution in [1.29, 1.82) is 0 Å². The van der Waals surface area contributed by atoms with E-state index in [9.17, 15) is 15.0 Å². The Balaban J connectivity index is 1.80. The highest BCUT2D eigenvalue weighted by atomic mass is 16.3. The van der Waals surface area contributed by atoms with E-state index >= 15 is 0 Å². The first-order chi connectivity index (χ1) is 9.06. The van der Waals surface area contributed by atoms with E-state index in [1.165, 1.54) is 12.1 Å². The van der Waals surface area contributed by atoms with Crippen molar-refractivity contribution in [2.24, 2.45) is 4.99 Å². The molecule has 1 aromatic carbocycles. The van der Waals surface area contributed by atoms with Gasteiger partial charge in [0, 0.05) is 12.6 Å². The van der Waals surface area contributed by atoms with E-state index in [2.05, 4.69) is 15.6 Å². The third-order valence-corrected chi connectivity index (χ3v) is 2.86. The van der Waals surface area contributed by atoms with Gasteiger partial charge in [-0.25, -0.2) is 0 Å². The number of carbonyl (C=O) groups excluding carboxylic acids is 1. The van der Waals surface area contributed by atoms with Crippen LogP contribution in [0.1, 0.15) is 12.5 Å². The number of rotatable bonds is 4. The van der Waals surface area contributed by atoms with Gasteiger partial charge in [-0.3, -0.25) is 9.79 Å². The molecule has 1 heterocycles. The zero-order valence-electron chi connectivity index (χ0n) is 10.7. The van der Waals surface area contributed by atoms with E-state index in [0.717, 1.165) is 5.56 Å². The minimum Gasteiger partial charge on any atom is -0.504 e. The van der Waals surface area contributed by atoms with E-state index in [-0.39, 0.29) is 23.4 Å². The first-order valence-electron chi connectivity index (χ1n) is 6.16. The monoisotopic (exact) mass is 263 g/mol. The molecule has 1 unspecified atom stereocenters. The molecule has 102 valence electrons. The summed E-state index contributed by atoms with van der Waals surface area (Å²) in [6.07, 6.45) is 0.572. The Hall–Kier alpha value is -2.24. The molecule has 0 fully saturated rings. The largest absolute Gasteiger partial charge is 0.504 e. The molecule has 0 aromatic heterocycles. The van der Waals surface area contributed by atoms with Crippen LogP contribution < -0.4 is 10.6 Å². The Bertz CT molecular complexity index is 514.